The summed E-state index contributed by atoms with van der Waals surface area (Å²) in [6, 6.07) is 10.1. The van der Waals surface area contributed by atoms with Crippen molar-refractivity contribution in [2.75, 3.05) is 12.0 Å². The van der Waals surface area contributed by atoms with Crippen LogP contribution in [-0.4, -0.2) is 30.3 Å². The van der Waals surface area contributed by atoms with E-state index in [1.54, 1.807) is 18.4 Å². The Morgan fingerprint density at radius 2 is 1.96 bits per heavy atom. The molecule has 2 aromatic rings. The molecule has 3 rings (SSSR count). The summed E-state index contributed by atoms with van der Waals surface area (Å²) in [7, 11) is 1.66. The summed E-state index contributed by atoms with van der Waals surface area (Å²) in [5.41, 5.74) is 2.02. The molecule has 1 N–H and O–H groups in total. The Hall–Kier alpha value is -1.85. The lowest BCUT2D eigenvalue weighted by Crippen LogP contribution is -2.46. The zero-order chi connectivity index (χ0) is 19.6. The van der Waals surface area contributed by atoms with Crippen LogP contribution in [0, 0.1) is 11.8 Å². The molecule has 27 heavy (non-hydrogen) atoms. The fourth-order valence-electron chi connectivity index (χ4n) is 3.86. The second-order valence-electron chi connectivity index (χ2n) is 7.79. The van der Waals surface area contributed by atoms with Gasteiger partial charge in [0.2, 0.25) is 5.91 Å². The second kappa shape index (κ2) is 8.44. The molecular formula is C22H29NO3S. The minimum atomic E-state index is -0.540. The van der Waals surface area contributed by atoms with Crippen LogP contribution < -0.4 is 9.64 Å². The SMILES string of the molecule is COc1ccc(-c2cc(N(C(=O)C3CCC(C)CC3O)C(C)C)cs2)cc1. The van der Waals surface area contributed by atoms with Gasteiger partial charge in [0.25, 0.3) is 0 Å². The van der Waals surface area contributed by atoms with Crippen molar-refractivity contribution in [3.63, 3.8) is 0 Å². The molecule has 1 saturated carbocycles. The Kier molecular flexibility index (Phi) is 6.22. The number of aliphatic hydroxyl groups excluding tert-OH is 1. The molecule has 0 bridgehead atoms. The minimum absolute atomic E-state index is 0.0439. The van der Waals surface area contributed by atoms with Crippen LogP contribution >= 0.6 is 11.3 Å². The number of hydrogen-bond donors (Lipinski definition) is 1. The average molecular weight is 388 g/mol. The van der Waals surface area contributed by atoms with Gasteiger partial charge in [0.15, 0.2) is 0 Å². The lowest BCUT2D eigenvalue weighted by molar-refractivity contribution is -0.128. The van der Waals surface area contributed by atoms with Crippen LogP contribution in [0.15, 0.2) is 35.7 Å². The van der Waals surface area contributed by atoms with E-state index in [1.165, 1.54) is 0 Å². The molecule has 0 aliphatic heterocycles. The number of rotatable bonds is 5. The summed E-state index contributed by atoms with van der Waals surface area (Å²) in [6.07, 6.45) is 1.94. The molecule has 3 atom stereocenters. The van der Waals surface area contributed by atoms with Crippen LogP contribution in [0.4, 0.5) is 5.69 Å². The summed E-state index contributed by atoms with van der Waals surface area (Å²) in [5, 5.41) is 12.5. The molecule has 4 nitrogen and oxygen atoms in total. The summed E-state index contributed by atoms with van der Waals surface area (Å²) < 4.78 is 5.22. The standard InChI is InChI=1S/C22H29NO3S/c1-14(2)23(22(25)19-10-5-15(3)11-20(19)24)17-12-21(27-13-17)16-6-8-18(26-4)9-7-16/h6-9,12-15,19-20,24H,5,10-11H2,1-4H3. The lowest BCUT2D eigenvalue weighted by atomic mass is 9.80. The first kappa shape index (κ1) is 19.9. The topological polar surface area (TPSA) is 49.8 Å². The summed E-state index contributed by atoms with van der Waals surface area (Å²) >= 11 is 1.63. The van der Waals surface area contributed by atoms with Gasteiger partial charge in [0.05, 0.1) is 24.8 Å². The van der Waals surface area contributed by atoms with Crippen LogP contribution in [0.1, 0.15) is 40.0 Å². The zero-order valence-electron chi connectivity index (χ0n) is 16.5. The van der Waals surface area contributed by atoms with E-state index in [-0.39, 0.29) is 17.9 Å². The second-order valence-corrected chi connectivity index (χ2v) is 8.70. The minimum Gasteiger partial charge on any atom is -0.497 e. The number of amides is 1. The molecule has 0 spiro atoms. The monoisotopic (exact) mass is 387 g/mol. The highest BCUT2D eigenvalue weighted by Gasteiger charge is 2.36. The van der Waals surface area contributed by atoms with Gasteiger partial charge in [-0.05, 0) is 74.9 Å². The lowest BCUT2D eigenvalue weighted by Gasteiger charge is -2.35. The van der Waals surface area contributed by atoms with E-state index in [2.05, 4.69) is 13.0 Å². The van der Waals surface area contributed by atoms with Crippen LogP contribution in [-0.2, 0) is 4.79 Å². The number of carbonyl (C=O) groups is 1. The number of hydrogen-bond acceptors (Lipinski definition) is 4. The first-order valence-corrected chi connectivity index (χ1v) is 10.5. The van der Waals surface area contributed by atoms with E-state index in [4.69, 9.17) is 4.74 Å². The van der Waals surface area contributed by atoms with E-state index in [9.17, 15) is 9.90 Å². The fourth-order valence-corrected chi connectivity index (χ4v) is 4.75. The molecule has 1 aromatic heterocycles. The van der Waals surface area contributed by atoms with Crippen molar-refractivity contribution in [3.8, 4) is 16.2 Å². The first-order chi connectivity index (χ1) is 12.9. The molecule has 0 radical (unpaired) electrons. The third kappa shape index (κ3) is 4.36. The van der Waals surface area contributed by atoms with Gasteiger partial charge in [-0.15, -0.1) is 11.3 Å². The fraction of sp³-hybridized carbons (Fsp3) is 0.500. The van der Waals surface area contributed by atoms with E-state index >= 15 is 0 Å². The Labute approximate surface area is 165 Å². The predicted octanol–water partition coefficient (Wildman–Crippen LogP) is 4.96. The van der Waals surface area contributed by atoms with Gasteiger partial charge in [0, 0.05) is 16.3 Å². The van der Waals surface area contributed by atoms with Gasteiger partial charge < -0.3 is 14.7 Å². The van der Waals surface area contributed by atoms with Gasteiger partial charge in [-0.1, -0.05) is 6.92 Å². The van der Waals surface area contributed by atoms with Crippen LogP contribution in [0.2, 0.25) is 0 Å². The number of anilines is 1. The highest BCUT2D eigenvalue weighted by atomic mass is 32.1. The van der Waals surface area contributed by atoms with Crippen molar-refractivity contribution in [2.24, 2.45) is 11.8 Å². The van der Waals surface area contributed by atoms with Crippen molar-refractivity contribution in [3.05, 3.63) is 35.7 Å². The highest BCUT2D eigenvalue weighted by molar-refractivity contribution is 7.14. The van der Waals surface area contributed by atoms with E-state index in [1.807, 2.05) is 48.4 Å². The summed E-state index contributed by atoms with van der Waals surface area (Å²) in [4.78, 5) is 16.2. The van der Waals surface area contributed by atoms with Crippen molar-refractivity contribution >= 4 is 22.9 Å². The van der Waals surface area contributed by atoms with Gasteiger partial charge >= 0.3 is 0 Å². The third-order valence-corrected chi connectivity index (χ3v) is 6.35. The van der Waals surface area contributed by atoms with Crippen molar-refractivity contribution < 1.29 is 14.6 Å². The molecule has 0 saturated heterocycles. The molecule has 1 fully saturated rings. The molecule has 1 aliphatic rings. The Morgan fingerprint density at radius 3 is 2.56 bits per heavy atom. The van der Waals surface area contributed by atoms with Crippen LogP contribution in [0.3, 0.4) is 0 Å². The molecule has 5 heteroatoms. The Balaban J connectivity index is 1.83. The largest absolute Gasteiger partial charge is 0.497 e. The number of ether oxygens (including phenoxy) is 1. The third-order valence-electron chi connectivity index (χ3n) is 5.39. The molecule has 1 amide bonds. The number of nitrogens with zero attached hydrogens (tertiary/aromatic N) is 1. The van der Waals surface area contributed by atoms with Crippen molar-refractivity contribution in [1.29, 1.82) is 0 Å². The van der Waals surface area contributed by atoms with Crippen molar-refractivity contribution in [1.82, 2.24) is 0 Å². The highest BCUT2D eigenvalue weighted by Crippen LogP contribution is 2.36. The Morgan fingerprint density at radius 1 is 1.26 bits per heavy atom. The maximum absolute atomic E-state index is 13.2. The van der Waals surface area contributed by atoms with Gasteiger partial charge in [0.1, 0.15) is 5.75 Å². The number of thiophene rings is 1. The quantitative estimate of drug-likeness (QED) is 0.789. The van der Waals surface area contributed by atoms with Gasteiger partial charge in [-0.3, -0.25) is 4.79 Å². The number of methoxy groups -OCH3 is 1. The molecule has 1 aliphatic carbocycles. The molecule has 1 aromatic carbocycles. The maximum atomic E-state index is 13.2. The van der Waals surface area contributed by atoms with E-state index in [0.717, 1.165) is 34.7 Å². The smallest absolute Gasteiger partial charge is 0.232 e. The van der Waals surface area contributed by atoms with Gasteiger partial charge in [-0.2, -0.15) is 0 Å². The van der Waals surface area contributed by atoms with Gasteiger partial charge in [-0.25, -0.2) is 0 Å². The number of benzene rings is 1. The van der Waals surface area contributed by atoms with E-state index < -0.39 is 6.10 Å². The molecule has 1 heterocycles. The average Bonchev–Trinajstić information content (AvgIpc) is 3.11. The first-order valence-electron chi connectivity index (χ1n) is 9.64. The predicted molar refractivity (Wildman–Crippen MR) is 111 cm³/mol. The molecule has 146 valence electrons. The number of carbonyl (C=O) groups excluding carboxylic acids is 1. The van der Waals surface area contributed by atoms with E-state index in [0.29, 0.717) is 12.3 Å². The Bertz CT molecular complexity index is 768. The van der Waals surface area contributed by atoms with Crippen molar-refractivity contribution in [2.45, 2.75) is 52.2 Å². The zero-order valence-corrected chi connectivity index (χ0v) is 17.3. The van der Waals surface area contributed by atoms with Crippen LogP contribution in [0.25, 0.3) is 10.4 Å². The number of aliphatic hydroxyl groups is 1. The maximum Gasteiger partial charge on any atom is 0.232 e. The molecular weight excluding hydrogens is 358 g/mol. The summed E-state index contributed by atoms with van der Waals surface area (Å²) in [5.74, 6) is 1.06. The van der Waals surface area contributed by atoms with Crippen LogP contribution in [0.5, 0.6) is 5.75 Å². The molecule has 3 unspecified atom stereocenters. The normalized spacial score (nSPS) is 22.7. The summed E-state index contributed by atoms with van der Waals surface area (Å²) in [6.45, 7) is 6.20.